The highest BCUT2D eigenvalue weighted by Gasteiger charge is 2.14. The minimum Gasteiger partial charge on any atom is -0.388 e. The van der Waals surface area contributed by atoms with Crippen molar-refractivity contribution in [2.75, 3.05) is 13.2 Å². The third-order valence-corrected chi connectivity index (χ3v) is 4.73. The van der Waals surface area contributed by atoms with E-state index < -0.39 is 17.3 Å². The van der Waals surface area contributed by atoms with E-state index in [0.717, 1.165) is 31.0 Å². The Hall–Kier alpha value is -3.09. The molecule has 0 unspecified atom stereocenters. The zero-order valence-corrected chi connectivity index (χ0v) is 15.4. The number of nitro benzene ring substituents is 1. The number of aliphatic hydroxyl groups is 1. The van der Waals surface area contributed by atoms with E-state index in [1.807, 2.05) is 0 Å². The zero-order chi connectivity index (χ0) is 19.9. The van der Waals surface area contributed by atoms with E-state index in [9.17, 15) is 14.9 Å². The molecule has 0 amide bonds. The molecule has 2 N–H and O–H groups in total. The maximum absolute atomic E-state index is 11.3. The normalized spacial score (nSPS) is 12.8. The van der Waals surface area contributed by atoms with Crippen molar-refractivity contribution in [2.45, 2.75) is 19.4 Å². The molecule has 6 heteroatoms. The first-order valence-electron chi connectivity index (χ1n) is 9.15. The summed E-state index contributed by atoms with van der Waals surface area (Å²) in [4.78, 5) is 22.0. The first-order valence-corrected chi connectivity index (χ1v) is 9.15. The Kier molecular flexibility index (Phi) is 6.47. The van der Waals surface area contributed by atoms with E-state index >= 15 is 0 Å². The molecule has 1 aliphatic carbocycles. The molecule has 0 spiro atoms. The summed E-state index contributed by atoms with van der Waals surface area (Å²) >= 11 is 0. The third-order valence-electron chi connectivity index (χ3n) is 4.73. The third kappa shape index (κ3) is 4.79. The van der Waals surface area contributed by atoms with Crippen molar-refractivity contribution < 1.29 is 14.8 Å². The first kappa shape index (κ1) is 19.7. The van der Waals surface area contributed by atoms with Crippen LogP contribution in [0.4, 0.5) is 5.69 Å². The molecule has 0 aromatic heterocycles. The van der Waals surface area contributed by atoms with Gasteiger partial charge in [-0.15, -0.1) is 0 Å². The second-order valence-electron chi connectivity index (χ2n) is 6.63. The van der Waals surface area contributed by atoms with Crippen LogP contribution in [-0.2, 0) is 17.8 Å². The van der Waals surface area contributed by atoms with Gasteiger partial charge in [-0.2, -0.15) is 0 Å². The highest BCUT2D eigenvalue weighted by atomic mass is 16.6. The van der Waals surface area contributed by atoms with Crippen LogP contribution >= 0.6 is 0 Å². The van der Waals surface area contributed by atoms with Crippen LogP contribution in [0.5, 0.6) is 0 Å². The van der Waals surface area contributed by atoms with Crippen molar-refractivity contribution in [2.24, 2.45) is 0 Å². The van der Waals surface area contributed by atoms with Crippen LogP contribution in [0.2, 0.25) is 0 Å². The Morgan fingerprint density at radius 2 is 2.07 bits per heavy atom. The lowest BCUT2D eigenvalue weighted by Crippen LogP contribution is -2.15. The number of hydrogen-bond acceptors (Lipinski definition) is 5. The van der Waals surface area contributed by atoms with Crippen LogP contribution in [0.25, 0.3) is 11.6 Å². The van der Waals surface area contributed by atoms with Gasteiger partial charge in [0.2, 0.25) is 0 Å². The highest BCUT2D eigenvalue weighted by molar-refractivity contribution is 5.94. The van der Waals surface area contributed by atoms with Crippen LogP contribution in [0.15, 0.2) is 54.6 Å². The van der Waals surface area contributed by atoms with E-state index in [4.69, 9.17) is 5.11 Å². The van der Waals surface area contributed by atoms with Gasteiger partial charge in [-0.1, -0.05) is 36.4 Å². The van der Waals surface area contributed by atoms with E-state index in [0.29, 0.717) is 12.1 Å². The van der Waals surface area contributed by atoms with Gasteiger partial charge in [0.1, 0.15) is 6.61 Å². The number of carbonyl (C=O) groups is 1. The molecule has 2 aromatic rings. The van der Waals surface area contributed by atoms with E-state index in [1.54, 1.807) is 12.1 Å². The Morgan fingerprint density at radius 1 is 1.25 bits per heavy atom. The molecule has 0 aliphatic heterocycles. The van der Waals surface area contributed by atoms with Crippen LogP contribution in [0, 0.1) is 10.1 Å². The van der Waals surface area contributed by atoms with E-state index in [2.05, 4.69) is 35.7 Å². The van der Waals surface area contributed by atoms with Crippen molar-refractivity contribution in [1.29, 1.82) is 0 Å². The number of benzene rings is 2. The molecule has 144 valence electrons. The SMILES string of the molecule is O=C(/C=C/c1ccc(CNCCC2=CCc3ccccc32)cc1[N+](=O)[O-])CO. The molecule has 0 atom stereocenters. The maximum Gasteiger partial charge on any atom is 0.276 e. The molecule has 1 aliphatic rings. The lowest BCUT2D eigenvalue weighted by molar-refractivity contribution is -0.385. The Balaban J connectivity index is 1.58. The Morgan fingerprint density at radius 3 is 2.86 bits per heavy atom. The largest absolute Gasteiger partial charge is 0.388 e. The quantitative estimate of drug-likeness (QED) is 0.302. The maximum atomic E-state index is 11.3. The van der Waals surface area contributed by atoms with Crippen molar-refractivity contribution in [1.82, 2.24) is 5.32 Å². The van der Waals surface area contributed by atoms with Gasteiger partial charge < -0.3 is 10.4 Å². The molecular weight excluding hydrogens is 356 g/mol. The predicted molar refractivity (Wildman–Crippen MR) is 109 cm³/mol. The lowest BCUT2D eigenvalue weighted by Gasteiger charge is -2.08. The fraction of sp³-hybridized carbons (Fsp3) is 0.227. The summed E-state index contributed by atoms with van der Waals surface area (Å²) in [5.74, 6) is -0.497. The second kappa shape index (κ2) is 9.21. The highest BCUT2D eigenvalue weighted by Crippen LogP contribution is 2.29. The molecule has 0 bridgehead atoms. The molecule has 2 aromatic carbocycles. The molecule has 0 saturated heterocycles. The molecule has 0 fully saturated rings. The zero-order valence-electron chi connectivity index (χ0n) is 15.4. The van der Waals surface area contributed by atoms with E-state index in [1.165, 1.54) is 28.8 Å². The summed E-state index contributed by atoms with van der Waals surface area (Å²) in [5.41, 5.74) is 5.09. The number of allylic oxidation sites excluding steroid dienone is 1. The predicted octanol–water partition coefficient (Wildman–Crippen LogP) is 3.29. The van der Waals surface area contributed by atoms with Gasteiger partial charge in [-0.25, -0.2) is 0 Å². The minimum atomic E-state index is -0.618. The summed E-state index contributed by atoms with van der Waals surface area (Å²) in [5, 5.41) is 23.4. The number of hydrogen-bond donors (Lipinski definition) is 2. The van der Waals surface area contributed by atoms with Gasteiger partial charge in [0.05, 0.1) is 10.5 Å². The summed E-state index contributed by atoms with van der Waals surface area (Å²) in [7, 11) is 0. The molecule has 6 nitrogen and oxygen atoms in total. The average molecular weight is 378 g/mol. The smallest absolute Gasteiger partial charge is 0.276 e. The minimum absolute atomic E-state index is 0.0614. The molecule has 3 rings (SSSR count). The van der Waals surface area contributed by atoms with Crippen molar-refractivity contribution in [3.63, 3.8) is 0 Å². The average Bonchev–Trinajstić information content (AvgIpc) is 3.12. The number of carbonyl (C=O) groups excluding carboxylic acids is 1. The van der Waals surface area contributed by atoms with Crippen LogP contribution in [-0.4, -0.2) is 29.0 Å². The van der Waals surface area contributed by atoms with Crippen molar-refractivity contribution in [3.05, 3.63) is 87.0 Å². The number of nitro groups is 1. The summed E-state index contributed by atoms with van der Waals surface area (Å²) in [6, 6.07) is 13.3. The topological polar surface area (TPSA) is 92.5 Å². The lowest BCUT2D eigenvalue weighted by atomic mass is 10.0. The van der Waals surface area contributed by atoms with Crippen molar-refractivity contribution in [3.8, 4) is 0 Å². The molecule has 28 heavy (non-hydrogen) atoms. The van der Waals surface area contributed by atoms with Gasteiger partial charge in [-0.05, 0) is 59.9 Å². The number of aliphatic hydroxyl groups excluding tert-OH is 1. The molecular formula is C22H22N2O4. The fourth-order valence-electron chi connectivity index (χ4n) is 3.28. The molecule has 0 heterocycles. The summed E-state index contributed by atoms with van der Waals surface area (Å²) in [6.45, 7) is 0.684. The van der Waals surface area contributed by atoms with Crippen LogP contribution in [0.3, 0.4) is 0 Å². The molecule has 0 radical (unpaired) electrons. The Labute approximate surface area is 163 Å². The van der Waals surface area contributed by atoms with Crippen LogP contribution < -0.4 is 5.32 Å². The number of ketones is 1. The number of fused-ring (bicyclic) bond motifs is 1. The number of rotatable bonds is 9. The van der Waals surface area contributed by atoms with Gasteiger partial charge in [0.25, 0.3) is 5.69 Å². The second-order valence-corrected chi connectivity index (χ2v) is 6.63. The van der Waals surface area contributed by atoms with Gasteiger partial charge in [-0.3, -0.25) is 14.9 Å². The standard InChI is InChI=1S/C22H22N2O4/c25-15-20(26)10-9-19-6-5-16(13-22(19)24(27)28)14-23-12-11-18-8-7-17-3-1-2-4-21(17)18/h1-6,8-10,13,23,25H,7,11-12,14-15H2/b10-9+. The van der Waals surface area contributed by atoms with E-state index in [-0.39, 0.29) is 5.69 Å². The number of nitrogens with one attached hydrogen (secondary N) is 1. The summed E-state index contributed by atoms with van der Waals surface area (Å²) < 4.78 is 0. The monoisotopic (exact) mass is 378 g/mol. The summed E-state index contributed by atoms with van der Waals surface area (Å²) in [6.07, 6.45) is 6.64. The Bertz CT molecular complexity index is 947. The van der Waals surface area contributed by atoms with Crippen LogP contribution in [0.1, 0.15) is 28.7 Å². The van der Waals surface area contributed by atoms with Gasteiger partial charge in [0.15, 0.2) is 5.78 Å². The van der Waals surface area contributed by atoms with Crippen molar-refractivity contribution >= 4 is 23.1 Å². The van der Waals surface area contributed by atoms with Gasteiger partial charge in [0, 0.05) is 12.6 Å². The number of nitrogens with zero attached hydrogens (tertiary/aromatic N) is 1. The molecule has 0 saturated carbocycles. The fourth-order valence-corrected chi connectivity index (χ4v) is 3.28. The van der Waals surface area contributed by atoms with Gasteiger partial charge >= 0.3 is 0 Å². The first-order chi connectivity index (χ1) is 13.6.